The summed E-state index contributed by atoms with van der Waals surface area (Å²) in [6.45, 7) is 13.2. The second kappa shape index (κ2) is 19.4. The van der Waals surface area contributed by atoms with Crippen molar-refractivity contribution < 1.29 is 9.53 Å². The number of alkyl carbamates (subject to hydrolysis) is 1. The molecule has 2 atom stereocenters. The molecular formula is C30H53N5O2. The smallest absolute Gasteiger partial charge is 0.407 e. The fraction of sp³-hybridized carbons (Fsp3) is 0.767. The number of carbonyl (C=O) groups is 1. The molecule has 3 rings (SSSR count). The Balaban J connectivity index is 1.14. The first-order chi connectivity index (χ1) is 18.3. The first-order valence-electron chi connectivity index (χ1n) is 15.1. The van der Waals surface area contributed by atoms with Crippen LogP contribution in [0.25, 0.3) is 0 Å². The highest BCUT2D eigenvalue weighted by atomic mass is 16.5. The van der Waals surface area contributed by atoms with Crippen molar-refractivity contribution in [1.29, 1.82) is 0 Å². The van der Waals surface area contributed by atoms with Gasteiger partial charge in [0.05, 0.1) is 6.67 Å². The van der Waals surface area contributed by atoms with Gasteiger partial charge in [-0.05, 0) is 57.3 Å². The molecule has 210 valence electrons. The normalized spacial score (nSPS) is 21.8. The van der Waals surface area contributed by atoms with Crippen LogP contribution in [0.15, 0.2) is 30.3 Å². The summed E-state index contributed by atoms with van der Waals surface area (Å²) in [4.78, 5) is 19.8. The predicted octanol–water partition coefficient (Wildman–Crippen LogP) is 4.68. The highest BCUT2D eigenvalue weighted by molar-refractivity contribution is 5.67. The van der Waals surface area contributed by atoms with Crippen LogP contribution in [0.5, 0.6) is 0 Å². The van der Waals surface area contributed by atoms with Gasteiger partial charge in [0.2, 0.25) is 0 Å². The van der Waals surface area contributed by atoms with Crippen LogP contribution in [-0.2, 0) is 11.3 Å². The molecule has 2 saturated heterocycles. The quantitative estimate of drug-likeness (QED) is 0.372. The molecule has 2 heterocycles. The number of hydrogen-bond acceptors (Lipinski definition) is 6. The Morgan fingerprint density at radius 3 is 2.30 bits per heavy atom. The van der Waals surface area contributed by atoms with E-state index in [2.05, 4.69) is 25.3 Å². The number of rotatable bonds is 13. The fourth-order valence-electron chi connectivity index (χ4n) is 5.36. The van der Waals surface area contributed by atoms with Gasteiger partial charge in [-0.2, -0.15) is 0 Å². The summed E-state index contributed by atoms with van der Waals surface area (Å²) < 4.78 is 5.25. The Hall–Kier alpha value is -1.67. The molecule has 2 fully saturated rings. The SMILES string of the molecule is O=C(NCCCCCCCCCCN1CCCCNCCN2CCCN(CC1)C2)OCc1ccccc1. The van der Waals surface area contributed by atoms with Crippen molar-refractivity contribution in [2.45, 2.75) is 77.2 Å². The average molecular weight is 516 g/mol. The van der Waals surface area contributed by atoms with E-state index in [9.17, 15) is 4.79 Å². The summed E-state index contributed by atoms with van der Waals surface area (Å²) in [5, 5.41) is 6.51. The highest BCUT2D eigenvalue weighted by Crippen LogP contribution is 2.11. The number of amides is 1. The van der Waals surface area contributed by atoms with Crippen LogP contribution in [0.4, 0.5) is 4.79 Å². The lowest BCUT2D eigenvalue weighted by Crippen LogP contribution is -2.48. The average Bonchev–Trinajstić information content (AvgIpc) is 2.94. The van der Waals surface area contributed by atoms with E-state index in [1.807, 2.05) is 30.3 Å². The lowest BCUT2D eigenvalue weighted by molar-refractivity contribution is 0.0772. The third kappa shape index (κ3) is 14.2. The number of fused-ring (bicyclic) bond motifs is 2. The van der Waals surface area contributed by atoms with E-state index < -0.39 is 0 Å². The number of benzene rings is 1. The minimum Gasteiger partial charge on any atom is -0.445 e. The molecule has 2 aliphatic heterocycles. The van der Waals surface area contributed by atoms with E-state index in [0.717, 1.165) is 25.2 Å². The van der Waals surface area contributed by atoms with Crippen molar-refractivity contribution in [3.63, 3.8) is 0 Å². The zero-order valence-electron chi connectivity index (χ0n) is 23.3. The largest absolute Gasteiger partial charge is 0.445 e. The van der Waals surface area contributed by atoms with Crippen LogP contribution >= 0.6 is 0 Å². The molecule has 2 unspecified atom stereocenters. The van der Waals surface area contributed by atoms with Crippen molar-refractivity contribution in [2.75, 3.05) is 72.1 Å². The summed E-state index contributed by atoms with van der Waals surface area (Å²) in [7, 11) is 0. The monoisotopic (exact) mass is 515 g/mol. The number of carbonyl (C=O) groups excluding carboxylic acids is 1. The van der Waals surface area contributed by atoms with Gasteiger partial charge >= 0.3 is 6.09 Å². The second-order valence-corrected chi connectivity index (χ2v) is 10.8. The van der Waals surface area contributed by atoms with Crippen molar-refractivity contribution in [1.82, 2.24) is 25.3 Å². The molecule has 2 N–H and O–H groups in total. The molecule has 0 saturated carbocycles. The van der Waals surface area contributed by atoms with Crippen molar-refractivity contribution >= 4 is 6.09 Å². The molecule has 2 aliphatic rings. The minimum atomic E-state index is -0.314. The van der Waals surface area contributed by atoms with Crippen molar-refractivity contribution in [2.24, 2.45) is 0 Å². The van der Waals surface area contributed by atoms with Gasteiger partial charge in [0.1, 0.15) is 6.61 Å². The van der Waals surface area contributed by atoms with Crippen LogP contribution in [0.2, 0.25) is 0 Å². The molecule has 0 radical (unpaired) electrons. The van der Waals surface area contributed by atoms with Gasteiger partial charge in [0, 0.05) is 45.8 Å². The molecular weight excluding hydrogens is 462 g/mol. The third-order valence-corrected chi connectivity index (χ3v) is 7.65. The summed E-state index contributed by atoms with van der Waals surface area (Å²) in [6.07, 6.45) is 13.8. The lowest BCUT2D eigenvalue weighted by Gasteiger charge is -2.36. The molecule has 7 heteroatoms. The van der Waals surface area contributed by atoms with Crippen LogP contribution in [-0.4, -0.2) is 92.9 Å². The summed E-state index contributed by atoms with van der Waals surface area (Å²) >= 11 is 0. The van der Waals surface area contributed by atoms with Crippen LogP contribution in [0, 0.1) is 0 Å². The van der Waals surface area contributed by atoms with E-state index in [0.29, 0.717) is 13.2 Å². The molecule has 0 aromatic heterocycles. The lowest BCUT2D eigenvalue weighted by atomic mass is 10.1. The molecule has 1 aromatic carbocycles. The minimum absolute atomic E-state index is 0.314. The Bertz CT molecular complexity index is 704. The maximum atomic E-state index is 11.8. The van der Waals surface area contributed by atoms with Crippen molar-refractivity contribution in [3.05, 3.63) is 35.9 Å². The summed E-state index contributed by atoms with van der Waals surface area (Å²) in [5.41, 5.74) is 1.02. The molecule has 0 spiro atoms. The Labute approximate surface area is 226 Å². The molecule has 7 nitrogen and oxygen atoms in total. The summed E-state index contributed by atoms with van der Waals surface area (Å²) in [5.74, 6) is 0. The van der Waals surface area contributed by atoms with Gasteiger partial charge in [-0.3, -0.25) is 9.80 Å². The zero-order valence-corrected chi connectivity index (χ0v) is 23.3. The molecule has 1 aromatic rings. The van der Waals surface area contributed by atoms with E-state index in [1.54, 1.807) is 0 Å². The van der Waals surface area contributed by atoms with Crippen molar-refractivity contribution in [3.8, 4) is 0 Å². The Kier molecular flexibility index (Phi) is 15.7. The molecule has 1 amide bonds. The van der Waals surface area contributed by atoms with Crippen LogP contribution in [0.1, 0.15) is 76.2 Å². The maximum absolute atomic E-state index is 11.8. The topological polar surface area (TPSA) is 60.1 Å². The molecule has 2 bridgehead atoms. The Morgan fingerprint density at radius 1 is 0.757 bits per heavy atom. The van der Waals surface area contributed by atoms with Gasteiger partial charge in [0.25, 0.3) is 0 Å². The van der Waals surface area contributed by atoms with Gasteiger partial charge < -0.3 is 20.3 Å². The number of nitrogens with zero attached hydrogens (tertiary/aromatic N) is 3. The van der Waals surface area contributed by atoms with Gasteiger partial charge in [-0.1, -0.05) is 68.9 Å². The summed E-state index contributed by atoms with van der Waals surface area (Å²) in [6, 6.07) is 9.80. The maximum Gasteiger partial charge on any atom is 0.407 e. The van der Waals surface area contributed by atoms with Gasteiger partial charge in [-0.15, -0.1) is 0 Å². The number of hydrogen-bond donors (Lipinski definition) is 2. The first-order valence-corrected chi connectivity index (χ1v) is 15.1. The van der Waals surface area contributed by atoms with Gasteiger partial charge in [0.15, 0.2) is 0 Å². The predicted molar refractivity (Wildman–Crippen MR) is 153 cm³/mol. The molecule has 37 heavy (non-hydrogen) atoms. The van der Waals surface area contributed by atoms with E-state index in [1.165, 1.54) is 117 Å². The zero-order chi connectivity index (χ0) is 25.8. The Morgan fingerprint density at radius 2 is 1.49 bits per heavy atom. The van der Waals surface area contributed by atoms with Gasteiger partial charge in [-0.25, -0.2) is 4.79 Å². The fourth-order valence-corrected chi connectivity index (χ4v) is 5.36. The van der Waals surface area contributed by atoms with E-state index in [-0.39, 0.29) is 6.09 Å². The first kappa shape index (κ1) is 29.9. The van der Waals surface area contributed by atoms with Crippen LogP contribution < -0.4 is 10.6 Å². The number of nitrogens with one attached hydrogen (secondary N) is 2. The number of unbranched alkanes of at least 4 members (excludes halogenated alkanes) is 7. The standard InChI is InChI=1S/C30H53N5O2/c36-30(37-27-29-15-8-7-9-16-29)32-18-10-5-3-1-2-4-6-12-20-33-21-13-11-17-31-19-24-34-22-14-23-35(28-34)26-25-33/h7-9,15-16,31H,1-6,10-14,17-28H2,(H,32,36). The van der Waals surface area contributed by atoms with E-state index >= 15 is 0 Å². The number of ether oxygens (including phenoxy) is 1. The van der Waals surface area contributed by atoms with Crippen LogP contribution in [0.3, 0.4) is 0 Å². The second-order valence-electron chi connectivity index (χ2n) is 10.8. The molecule has 0 aliphatic carbocycles. The third-order valence-electron chi connectivity index (χ3n) is 7.65. The van der Waals surface area contributed by atoms with E-state index in [4.69, 9.17) is 4.74 Å². The highest BCUT2D eigenvalue weighted by Gasteiger charge is 2.18.